The summed E-state index contributed by atoms with van der Waals surface area (Å²) < 4.78 is 1.89. The molecule has 0 amide bonds. The summed E-state index contributed by atoms with van der Waals surface area (Å²) in [6, 6.07) is 13.1. The fourth-order valence-corrected chi connectivity index (χ4v) is 3.74. The molecular formula is C18H11Cl2N3OS. The van der Waals surface area contributed by atoms with E-state index in [2.05, 4.69) is 10.1 Å². The van der Waals surface area contributed by atoms with E-state index in [4.69, 9.17) is 23.2 Å². The largest absolute Gasteiger partial charge is 0.291 e. The summed E-state index contributed by atoms with van der Waals surface area (Å²) in [7, 11) is 0. The molecule has 2 aromatic carbocycles. The number of rotatable bonds is 2. The molecule has 0 radical (unpaired) electrons. The van der Waals surface area contributed by atoms with Crippen LogP contribution in [-0.2, 0) is 0 Å². The highest BCUT2D eigenvalue weighted by molar-refractivity contribution is 7.15. The van der Waals surface area contributed by atoms with Crippen LogP contribution in [0.5, 0.6) is 0 Å². The quantitative estimate of drug-likeness (QED) is 0.522. The van der Waals surface area contributed by atoms with Crippen molar-refractivity contribution in [1.82, 2.24) is 14.6 Å². The molecule has 0 N–H and O–H groups in total. The number of nitrogens with zero attached hydrogens (tertiary/aromatic N) is 3. The van der Waals surface area contributed by atoms with Crippen molar-refractivity contribution in [2.24, 2.45) is 0 Å². The van der Waals surface area contributed by atoms with Gasteiger partial charge in [-0.1, -0.05) is 64.9 Å². The highest BCUT2D eigenvalue weighted by Gasteiger charge is 2.13. The van der Waals surface area contributed by atoms with Crippen molar-refractivity contribution in [2.45, 2.75) is 6.92 Å². The average Bonchev–Trinajstić information content (AvgIpc) is 3.12. The van der Waals surface area contributed by atoms with E-state index in [0.29, 0.717) is 25.4 Å². The molecule has 0 atom stereocenters. The van der Waals surface area contributed by atoms with E-state index in [1.165, 1.54) is 15.9 Å². The molecule has 0 aliphatic rings. The lowest BCUT2D eigenvalue weighted by Gasteiger charge is -1.98. The summed E-state index contributed by atoms with van der Waals surface area (Å²) >= 11 is 13.2. The first-order chi connectivity index (χ1) is 12.0. The normalized spacial score (nSPS) is 12.2. The van der Waals surface area contributed by atoms with Crippen molar-refractivity contribution in [1.29, 1.82) is 0 Å². The Hall–Kier alpha value is -2.21. The first-order valence-corrected chi connectivity index (χ1v) is 9.02. The molecule has 0 aliphatic carbocycles. The average molecular weight is 388 g/mol. The number of thiazole rings is 1. The van der Waals surface area contributed by atoms with Crippen LogP contribution in [0.1, 0.15) is 11.1 Å². The summed E-state index contributed by atoms with van der Waals surface area (Å²) in [6.45, 7) is 1.99. The minimum atomic E-state index is -0.196. The molecule has 0 unspecified atom stereocenters. The molecular weight excluding hydrogens is 377 g/mol. The van der Waals surface area contributed by atoms with Crippen molar-refractivity contribution in [3.63, 3.8) is 0 Å². The van der Waals surface area contributed by atoms with Crippen LogP contribution in [0.15, 0.2) is 47.3 Å². The monoisotopic (exact) mass is 387 g/mol. The highest BCUT2D eigenvalue weighted by Crippen LogP contribution is 2.23. The summed E-state index contributed by atoms with van der Waals surface area (Å²) in [6.07, 6.45) is 1.76. The van der Waals surface area contributed by atoms with Gasteiger partial charge in [0.1, 0.15) is 0 Å². The Morgan fingerprint density at radius 1 is 1.12 bits per heavy atom. The molecule has 124 valence electrons. The summed E-state index contributed by atoms with van der Waals surface area (Å²) in [4.78, 5) is 17.7. The fourth-order valence-electron chi connectivity index (χ4n) is 2.53. The second-order valence-electron chi connectivity index (χ2n) is 5.53. The summed E-state index contributed by atoms with van der Waals surface area (Å²) in [5.74, 6) is 0.558. The van der Waals surface area contributed by atoms with Crippen LogP contribution in [0.2, 0.25) is 10.0 Å². The van der Waals surface area contributed by atoms with Crippen LogP contribution in [-0.4, -0.2) is 14.6 Å². The third-order valence-corrected chi connectivity index (χ3v) is 5.51. The predicted octanol–water partition coefficient (Wildman–Crippen LogP) is 3.98. The third kappa shape index (κ3) is 2.95. The first kappa shape index (κ1) is 16.3. The van der Waals surface area contributed by atoms with E-state index in [1.807, 2.05) is 37.3 Å². The van der Waals surface area contributed by atoms with Gasteiger partial charge >= 0.3 is 0 Å². The van der Waals surface area contributed by atoms with Crippen LogP contribution in [0.4, 0.5) is 0 Å². The lowest BCUT2D eigenvalue weighted by atomic mass is 10.1. The number of fused-ring (bicyclic) bond motifs is 1. The number of aryl methyl sites for hydroxylation is 1. The molecule has 0 saturated heterocycles. The van der Waals surface area contributed by atoms with Gasteiger partial charge < -0.3 is 0 Å². The number of benzene rings is 2. The molecule has 7 heteroatoms. The van der Waals surface area contributed by atoms with E-state index in [-0.39, 0.29) is 5.56 Å². The van der Waals surface area contributed by atoms with Gasteiger partial charge in [0.05, 0.1) is 14.6 Å². The van der Waals surface area contributed by atoms with E-state index >= 15 is 0 Å². The second kappa shape index (κ2) is 6.26. The van der Waals surface area contributed by atoms with Gasteiger partial charge in [0, 0.05) is 5.56 Å². The van der Waals surface area contributed by atoms with Gasteiger partial charge in [-0.25, -0.2) is 0 Å². The zero-order valence-corrected chi connectivity index (χ0v) is 15.4. The smallest absolute Gasteiger partial charge is 0.266 e. The number of halogens is 2. The summed E-state index contributed by atoms with van der Waals surface area (Å²) in [5, 5.41) is 5.30. The Kier molecular flexibility index (Phi) is 4.07. The van der Waals surface area contributed by atoms with Gasteiger partial charge in [0.2, 0.25) is 4.96 Å². The predicted molar refractivity (Wildman–Crippen MR) is 103 cm³/mol. The molecule has 0 bridgehead atoms. The standard InChI is InChI=1S/C18H11Cl2N3OS/c1-10-4-2-3-5-12(10)16-21-18-23(22-16)17(24)15(25-18)9-11-6-7-13(19)14(20)8-11/h2-9H,1H3/b15-9+. The minimum absolute atomic E-state index is 0.196. The summed E-state index contributed by atoms with van der Waals surface area (Å²) in [5.41, 5.74) is 2.59. The molecule has 4 nitrogen and oxygen atoms in total. The molecule has 4 rings (SSSR count). The number of hydrogen-bond acceptors (Lipinski definition) is 4. The maximum absolute atomic E-state index is 12.6. The van der Waals surface area contributed by atoms with E-state index < -0.39 is 0 Å². The van der Waals surface area contributed by atoms with Crippen molar-refractivity contribution >= 4 is 45.6 Å². The Morgan fingerprint density at radius 2 is 1.92 bits per heavy atom. The Balaban J connectivity index is 1.83. The van der Waals surface area contributed by atoms with Crippen molar-refractivity contribution in [3.8, 4) is 11.4 Å². The van der Waals surface area contributed by atoms with Crippen molar-refractivity contribution in [2.75, 3.05) is 0 Å². The van der Waals surface area contributed by atoms with Crippen molar-refractivity contribution < 1.29 is 0 Å². The van der Waals surface area contributed by atoms with Crippen molar-refractivity contribution in [3.05, 3.63) is 78.5 Å². The maximum Gasteiger partial charge on any atom is 0.291 e. The Bertz CT molecular complexity index is 1210. The lowest BCUT2D eigenvalue weighted by Crippen LogP contribution is -2.23. The first-order valence-electron chi connectivity index (χ1n) is 7.45. The van der Waals surface area contributed by atoms with Gasteiger partial charge in [0.25, 0.3) is 5.56 Å². The fraction of sp³-hybridized carbons (Fsp3) is 0.0556. The van der Waals surface area contributed by atoms with Gasteiger partial charge in [-0.05, 0) is 36.3 Å². The van der Waals surface area contributed by atoms with Crippen LogP contribution < -0.4 is 10.1 Å². The SMILES string of the molecule is Cc1ccccc1-c1nc2s/c(=C/c3ccc(Cl)c(Cl)c3)c(=O)n2n1. The molecule has 2 heterocycles. The van der Waals surface area contributed by atoms with Gasteiger partial charge in [-0.3, -0.25) is 4.79 Å². The molecule has 0 saturated carbocycles. The third-order valence-electron chi connectivity index (χ3n) is 3.81. The number of aromatic nitrogens is 3. The van der Waals surface area contributed by atoms with Crippen LogP contribution in [0.25, 0.3) is 22.4 Å². The van der Waals surface area contributed by atoms with Gasteiger partial charge in [-0.15, -0.1) is 5.10 Å². The van der Waals surface area contributed by atoms with Gasteiger partial charge in [-0.2, -0.15) is 9.50 Å². The molecule has 0 fully saturated rings. The van der Waals surface area contributed by atoms with Crippen LogP contribution >= 0.6 is 34.5 Å². The van der Waals surface area contributed by atoms with Crippen LogP contribution in [0.3, 0.4) is 0 Å². The van der Waals surface area contributed by atoms with E-state index in [1.54, 1.807) is 18.2 Å². The van der Waals surface area contributed by atoms with E-state index in [0.717, 1.165) is 16.7 Å². The molecule has 2 aromatic heterocycles. The zero-order chi connectivity index (χ0) is 17.6. The molecule has 0 aliphatic heterocycles. The molecule has 4 aromatic rings. The van der Waals surface area contributed by atoms with E-state index in [9.17, 15) is 4.79 Å². The molecule has 0 spiro atoms. The Labute approximate surface area is 157 Å². The highest BCUT2D eigenvalue weighted by atomic mass is 35.5. The zero-order valence-electron chi connectivity index (χ0n) is 13.0. The topological polar surface area (TPSA) is 47.3 Å². The molecule has 25 heavy (non-hydrogen) atoms. The maximum atomic E-state index is 12.6. The minimum Gasteiger partial charge on any atom is -0.266 e. The van der Waals surface area contributed by atoms with Gasteiger partial charge in [0.15, 0.2) is 5.82 Å². The number of hydrogen-bond donors (Lipinski definition) is 0. The lowest BCUT2D eigenvalue weighted by molar-refractivity contribution is 0.936. The Morgan fingerprint density at radius 3 is 2.64 bits per heavy atom. The second-order valence-corrected chi connectivity index (χ2v) is 7.36. The van der Waals surface area contributed by atoms with Crippen LogP contribution in [0, 0.1) is 6.92 Å².